The summed E-state index contributed by atoms with van der Waals surface area (Å²) < 4.78 is 33.4. The van der Waals surface area contributed by atoms with E-state index >= 15 is 0 Å². The first kappa shape index (κ1) is 22.7. The average molecular weight is 437 g/mol. The molecule has 2 atom stereocenters. The van der Waals surface area contributed by atoms with Crippen molar-refractivity contribution in [1.29, 1.82) is 0 Å². The van der Waals surface area contributed by atoms with Gasteiger partial charge in [0.25, 0.3) is 0 Å². The molecule has 166 valence electrons. The number of hydrogen-bond donors (Lipinski definition) is 2. The molecule has 7 nitrogen and oxygen atoms in total. The number of rotatable bonds is 12. The van der Waals surface area contributed by atoms with Crippen LogP contribution in [0.5, 0.6) is 5.75 Å². The average Bonchev–Trinajstić information content (AvgIpc) is 3.52. The van der Waals surface area contributed by atoms with Crippen LogP contribution in [0.25, 0.3) is 0 Å². The van der Waals surface area contributed by atoms with Crippen LogP contribution in [0.4, 0.5) is 0 Å². The zero-order valence-corrected chi connectivity index (χ0v) is 18.4. The van der Waals surface area contributed by atoms with E-state index in [9.17, 15) is 18.0 Å². The second-order valence-corrected chi connectivity index (χ2v) is 10.4. The van der Waals surface area contributed by atoms with Crippen molar-refractivity contribution in [3.8, 4) is 5.75 Å². The molecular formula is C22H32N2O5S. The molecule has 2 fully saturated rings. The number of carbonyl (C=O) groups is 2. The molecule has 0 radical (unpaired) electrons. The molecule has 1 aliphatic carbocycles. The van der Waals surface area contributed by atoms with Gasteiger partial charge in [-0.25, -0.2) is 13.1 Å². The summed E-state index contributed by atoms with van der Waals surface area (Å²) in [6, 6.07) is 7.25. The highest BCUT2D eigenvalue weighted by atomic mass is 32.2. The van der Waals surface area contributed by atoms with Gasteiger partial charge in [-0.05, 0) is 62.6 Å². The van der Waals surface area contributed by atoms with E-state index in [4.69, 9.17) is 4.74 Å². The Kier molecular flexibility index (Phi) is 7.88. The largest absolute Gasteiger partial charge is 0.493 e. The molecule has 0 aromatic heterocycles. The van der Waals surface area contributed by atoms with Gasteiger partial charge >= 0.3 is 0 Å². The molecule has 1 aromatic carbocycles. The monoisotopic (exact) mass is 436 g/mol. The van der Waals surface area contributed by atoms with Crippen LogP contribution in [0.2, 0.25) is 0 Å². The van der Waals surface area contributed by atoms with Crippen LogP contribution < -0.4 is 14.8 Å². The number of amides is 2. The molecule has 1 saturated carbocycles. The fourth-order valence-electron chi connectivity index (χ4n) is 3.64. The van der Waals surface area contributed by atoms with Gasteiger partial charge in [0.05, 0.1) is 12.4 Å². The Morgan fingerprint density at radius 2 is 1.97 bits per heavy atom. The SMILES string of the molecule is CC(NS(=O)(=O)CCCCCC1CCC(=O)NC1=O)c1cccc(OCC2CC2)c1. The number of sulfonamides is 1. The van der Waals surface area contributed by atoms with Gasteiger partial charge in [0.1, 0.15) is 5.75 Å². The van der Waals surface area contributed by atoms with Crippen LogP contribution in [0.15, 0.2) is 24.3 Å². The third-order valence-electron chi connectivity index (χ3n) is 5.72. The molecule has 0 spiro atoms. The Hall–Kier alpha value is -1.93. The molecule has 30 heavy (non-hydrogen) atoms. The smallest absolute Gasteiger partial charge is 0.229 e. The van der Waals surface area contributed by atoms with E-state index in [0.29, 0.717) is 31.6 Å². The molecule has 2 unspecified atom stereocenters. The maximum Gasteiger partial charge on any atom is 0.229 e. The first-order valence-electron chi connectivity index (χ1n) is 10.9. The van der Waals surface area contributed by atoms with Crippen molar-refractivity contribution >= 4 is 21.8 Å². The number of imide groups is 1. The molecule has 1 saturated heterocycles. The van der Waals surface area contributed by atoms with Gasteiger partial charge in [0.2, 0.25) is 21.8 Å². The van der Waals surface area contributed by atoms with Crippen LogP contribution in [0, 0.1) is 11.8 Å². The second kappa shape index (κ2) is 10.4. The zero-order valence-electron chi connectivity index (χ0n) is 17.6. The molecular weight excluding hydrogens is 404 g/mol. The Bertz CT molecular complexity index is 851. The minimum atomic E-state index is -3.40. The summed E-state index contributed by atoms with van der Waals surface area (Å²) in [4.78, 5) is 22.9. The first-order chi connectivity index (χ1) is 14.3. The van der Waals surface area contributed by atoms with Gasteiger partial charge in [-0.3, -0.25) is 14.9 Å². The first-order valence-corrected chi connectivity index (χ1v) is 12.5. The molecule has 2 N–H and O–H groups in total. The summed E-state index contributed by atoms with van der Waals surface area (Å²) >= 11 is 0. The van der Waals surface area contributed by atoms with Crippen molar-refractivity contribution in [3.63, 3.8) is 0 Å². The van der Waals surface area contributed by atoms with E-state index in [0.717, 1.165) is 30.8 Å². The third-order valence-corrected chi connectivity index (χ3v) is 7.25. The van der Waals surface area contributed by atoms with E-state index in [1.807, 2.05) is 31.2 Å². The number of piperidine rings is 1. The van der Waals surface area contributed by atoms with E-state index < -0.39 is 10.0 Å². The maximum absolute atomic E-state index is 12.4. The fraction of sp³-hybridized carbons (Fsp3) is 0.636. The highest BCUT2D eigenvalue weighted by Gasteiger charge is 2.26. The highest BCUT2D eigenvalue weighted by Crippen LogP contribution is 2.30. The minimum absolute atomic E-state index is 0.0601. The summed E-state index contributed by atoms with van der Waals surface area (Å²) in [6.45, 7) is 2.56. The number of benzene rings is 1. The lowest BCUT2D eigenvalue weighted by atomic mass is 9.92. The van der Waals surface area contributed by atoms with Crippen LogP contribution in [0.1, 0.15) is 69.9 Å². The van der Waals surface area contributed by atoms with Crippen LogP contribution >= 0.6 is 0 Å². The Morgan fingerprint density at radius 3 is 2.70 bits per heavy atom. The van der Waals surface area contributed by atoms with Gasteiger partial charge in [0, 0.05) is 18.4 Å². The van der Waals surface area contributed by atoms with Crippen molar-refractivity contribution in [2.24, 2.45) is 11.8 Å². The summed E-state index contributed by atoms with van der Waals surface area (Å²) in [7, 11) is -3.40. The fourth-order valence-corrected chi connectivity index (χ4v) is 5.02. The van der Waals surface area contributed by atoms with E-state index in [2.05, 4.69) is 10.0 Å². The molecule has 1 heterocycles. The number of unbranched alkanes of at least 4 members (excludes halogenated alkanes) is 2. The van der Waals surface area contributed by atoms with Gasteiger partial charge < -0.3 is 4.74 Å². The molecule has 1 aromatic rings. The maximum atomic E-state index is 12.4. The topological polar surface area (TPSA) is 102 Å². The number of carbonyl (C=O) groups excluding carboxylic acids is 2. The Morgan fingerprint density at radius 1 is 1.17 bits per heavy atom. The van der Waals surface area contributed by atoms with Crippen LogP contribution in [-0.4, -0.2) is 32.6 Å². The van der Waals surface area contributed by atoms with Crippen molar-refractivity contribution < 1.29 is 22.7 Å². The van der Waals surface area contributed by atoms with Crippen LogP contribution in [-0.2, 0) is 19.6 Å². The van der Waals surface area contributed by atoms with Gasteiger partial charge in [-0.15, -0.1) is 0 Å². The predicted octanol–water partition coefficient (Wildman–Crippen LogP) is 3.07. The lowest BCUT2D eigenvalue weighted by molar-refractivity contribution is -0.136. The van der Waals surface area contributed by atoms with Crippen molar-refractivity contribution in [1.82, 2.24) is 10.0 Å². The lowest BCUT2D eigenvalue weighted by Gasteiger charge is -2.20. The number of nitrogens with one attached hydrogen (secondary N) is 2. The van der Waals surface area contributed by atoms with Crippen LogP contribution in [0.3, 0.4) is 0 Å². The molecule has 2 amide bonds. The second-order valence-electron chi connectivity index (χ2n) is 8.48. The normalized spacial score (nSPS) is 20.6. The molecule has 2 aliphatic rings. The van der Waals surface area contributed by atoms with E-state index in [-0.39, 0.29) is 29.5 Å². The zero-order chi connectivity index (χ0) is 21.6. The third kappa shape index (κ3) is 7.40. The standard InChI is InChI=1S/C22H32N2O5S/c1-16(19-7-5-8-20(14-19)29-15-17-9-10-17)24-30(27,28)13-4-2-3-6-18-11-12-21(25)23-22(18)26/h5,7-8,14,16-18,24H,2-4,6,9-13,15H2,1H3,(H,23,25,26). The number of hydrogen-bond acceptors (Lipinski definition) is 5. The van der Waals surface area contributed by atoms with E-state index in [1.165, 1.54) is 12.8 Å². The Labute approximate surface area is 179 Å². The van der Waals surface area contributed by atoms with Gasteiger partial charge in [0.15, 0.2) is 0 Å². The molecule has 3 rings (SSSR count). The van der Waals surface area contributed by atoms with Crippen molar-refractivity contribution in [3.05, 3.63) is 29.8 Å². The van der Waals surface area contributed by atoms with Crippen molar-refractivity contribution in [2.75, 3.05) is 12.4 Å². The summed E-state index contributed by atoms with van der Waals surface area (Å²) in [6.07, 6.45) is 6.17. The quantitative estimate of drug-likeness (QED) is 0.387. The van der Waals surface area contributed by atoms with Crippen molar-refractivity contribution in [2.45, 2.75) is 64.3 Å². The molecule has 1 aliphatic heterocycles. The van der Waals surface area contributed by atoms with Gasteiger partial charge in [-0.1, -0.05) is 25.0 Å². The number of ether oxygens (including phenoxy) is 1. The highest BCUT2D eigenvalue weighted by molar-refractivity contribution is 7.89. The minimum Gasteiger partial charge on any atom is -0.493 e. The van der Waals surface area contributed by atoms with Gasteiger partial charge in [-0.2, -0.15) is 0 Å². The van der Waals surface area contributed by atoms with E-state index in [1.54, 1.807) is 0 Å². The summed E-state index contributed by atoms with van der Waals surface area (Å²) in [5.74, 6) is 0.968. The summed E-state index contributed by atoms with van der Waals surface area (Å²) in [5.41, 5.74) is 0.879. The predicted molar refractivity (Wildman–Crippen MR) is 114 cm³/mol. The Balaban J connectivity index is 1.37. The molecule has 0 bridgehead atoms. The molecule has 8 heteroatoms. The summed E-state index contributed by atoms with van der Waals surface area (Å²) in [5, 5.41) is 2.36. The lowest BCUT2D eigenvalue weighted by Crippen LogP contribution is -2.40.